The van der Waals surface area contributed by atoms with Crippen molar-refractivity contribution in [3.8, 4) is 0 Å². The topological polar surface area (TPSA) is 34.6 Å². The highest BCUT2D eigenvalue weighted by atomic mass is 79.9. The molecule has 0 N–H and O–H groups in total. The Morgan fingerprint density at radius 1 is 0.759 bits per heavy atom. The maximum atomic E-state index is 5.01. The highest BCUT2D eigenvalue weighted by Gasteiger charge is 2.08. The van der Waals surface area contributed by atoms with Crippen LogP contribution in [0.25, 0.3) is 0 Å². The Morgan fingerprint density at radius 3 is 1.83 bits per heavy atom. The third-order valence-electron chi connectivity index (χ3n) is 4.44. The van der Waals surface area contributed by atoms with Crippen molar-refractivity contribution >= 4 is 54.8 Å². The van der Waals surface area contributed by atoms with Crippen LogP contribution in [0.15, 0.2) is 67.5 Å². The molecule has 0 radical (unpaired) electrons. The fraction of sp³-hybridized carbons (Fsp3) is 0.364. The number of halogens is 2. The van der Waals surface area contributed by atoms with Crippen LogP contribution in [-0.4, -0.2) is 8.52 Å². The summed E-state index contributed by atoms with van der Waals surface area (Å²) in [6.07, 6.45) is 4.50. The van der Waals surface area contributed by atoms with E-state index < -0.39 is 0 Å². The molecule has 0 spiro atoms. The third-order valence-corrected chi connectivity index (χ3v) is 6.54. The summed E-state index contributed by atoms with van der Waals surface area (Å²) in [5.74, 6) is 0. The largest absolute Gasteiger partial charge is 0.286 e. The summed E-state index contributed by atoms with van der Waals surface area (Å²) in [5.41, 5.74) is 2.89. The molecule has 3 rings (SSSR count). The first-order chi connectivity index (χ1) is 14.1. The summed E-state index contributed by atoms with van der Waals surface area (Å²) >= 11 is 8.70. The maximum Gasteiger partial charge on any atom is 0.222 e. The molecule has 4 nitrogen and oxygen atoms in total. The van der Waals surface area contributed by atoms with Crippen LogP contribution >= 0.6 is 43.4 Å². The average Bonchev–Trinajstić information content (AvgIpc) is 3.04. The van der Waals surface area contributed by atoms with Gasteiger partial charge in [-0.25, -0.2) is 9.98 Å². The maximum absolute atomic E-state index is 5.01. The fourth-order valence-electron chi connectivity index (χ4n) is 2.82. The lowest BCUT2D eigenvalue weighted by atomic mass is 10.3. The van der Waals surface area contributed by atoms with Gasteiger partial charge in [0, 0.05) is 22.0 Å². The molecule has 0 amide bonds. The van der Waals surface area contributed by atoms with E-state index in [1.807, 2.05) is 48.5 Å². The van der Waals surface area contributed by atoms with Gasteiger partial charge in [-0.15, -0.1) is 0 Å². The predicted molar refractivity (Wildman–Crippen MR) is 129 cm³/mol. The van der Waals surface area contributed by atoms with E-state index in [-0.39, 0.29) is 0 Å². The average molecular weight is 538 g/mol. The SMILES string of the molecule is CCCCn1sc(=Nc2ccc(Br)cc2)n(CCCC)c1=Nc1ccc(Br)cc1. The van der Waals surface area contributed by atoms with Crippen molar-refractivity contribution in [1.29, 1.82) is 0 Å². The van der Waals surface area contributed by atoms with Crippen LogP contribution < -0.4 is 10.4 Å². The molecular weight excluding hydrogens is 512 g/mol. The zero-order chi connectivity index (χ0) is 20.6. The van der Waals surface area contributed by atoms with Gasteiger partial charge in [0.2, 0.25) is 10.4 Å². The smallest absolute Gasteiger partial charge is 0.222 e. The Kier molecular flexibility index (Phi) is 8.51. The van der Waals surface area contributed by atoms with E-state index in [4.69, 9.17) is 9.98 Å². The van der Waals surface area contributed by atoms with Crippen molar-refractivity contribution in [2.75, 3.05) is 0 Å². The minimum Gasteiger partial charge on any atom is -0.286 e. The summed E-state index contributed by atoms with van der Waals surface area (Å²) < 4.78 is 6.68. The first-order valence-corrected chi connectivity index (χ1v) is 12.4. The zero-order valence-corrected chi connectivity index (χ0v) is 20.8. The van der Waals surface area contributed by atoms with Gasteiger partial charge < -0.3 is 0 Å². The van der Waals surface area contributed by atoms with Crippen LogP contribution in [0.5, 0.6) is 0 Å². The predicted octanol–water partition coefficient (Wildman–Crippen LogP) is 6.94. The molecular formula is C22H26Br2N4S. The van der Waals surface area contributed by atoms with Gasteiger partial charge in [-0.2, -0.15) is 0 Å². The highest BCUT2D eigenvalue weighted by molar-refractivity contribution is 9.10. The molecule has 2 aromatic carbocycles. The first kappa shape index (κ1) is 22.2. The molecule has 0 aliphatic carbocycles. The molecule has 154 valence electrons. The third kappa shape index (κ3) is 6.27. The lowest BCUT2D eigenvalue weighted by molar-refractivity contribution is 0.551. The van der Waals surface area contributed by atoms with E-state index in [9.17, 15) is 0 Å². The number of hydrogen-bond acceptors (Lipinski definition) is 3. The summed E-state index contributed by atoms with van der Waals surface area (Å²) in [5, 5.41) is 0. The molecule has 0 atom stereocenters. The van der Waals surface area contributed by atoms with Crippen LogP contribution in [0.4, 0.5) is 11.4 Å². The minimum atomic E-state index is 0.914. The van der Waals surface area contributed by atoms with Crippen LogP contribution in [0.1, 0.15) is 39.5 Å². The molecule has 0 fully saturated rings. The van der Waals surface area contributed by atoms with E-state index in [2.05, 4.69) is 54.2 Å². The number of rotatable bonds is 8. The van der Waals surface area contributed by atoms with Crippen molar-refractivity contribution in [2.45, 2.75) is 52.6 Å². The van der Waals surface area contributed by atoms with Gasteiger partial charge in [-0.1, -0.05) is 58.5 Å². The molecule has 29 heavy (non-hydrogen) atoms. The van der Waals surface area contributed by atoms with Gasteiger partial charge in [0.05, 0.1) is 11.4 Å². The second-order valence-corrected chi connectivity index (χ2v) is 9.63. The van der Waals surface area contributed by atoms with Gasteiger partial charge in [0.25, 0.3) is 0 Å². The van der Waals surface area contributed by atoms with Crippen molar-refractivity contribution in [1.82, 2.24) is 8.52 Å². The molecule has 1 aromatic heterocycles. The Morgan fingerprint density at radius 2 is 1.28 bits per heavy atom. The molecule has 0 unspecified atom stereocenters. The van der Waals surface area contributed by atoms with E-state index >= 15 is 0 Å². The highest BCUT2D eigenvalue weighted by Crippen LogP contribution is 2.17. The monoisotopic (exact) mass is 536 g/mol. The Bertz CT molecular complexity index is 1040. The lowest BCUT2D eigenvalue weighted by Crippen LogP contribution is -2.30. The van der Waals surface area contributed by atoms with Gasteiger partial charge in [0.15, 0.2) is 0 Å². The van der Waals surface area contributed by atoms with Crippen LogP contribution in [-0.2, 0) is 13.1 Å². The summed E-state index contributed by atoms with van der Waals surface area (Å²) in [6.45, 7) is 6.31. The van der Waals surface area contributed by atoms with Crippen molar-refractivity contribution < 1.29 is 0 Å². The molecule has 7 heteroatoms. The fourth-order valence-corrected chi connectivity index (χ4v) is 4.41. The number of aryl methyl sites for hydroxylation is 1. The zero-order valence-electron chi connectivity index (χ0n) is 16.8. The quantitative estimate of drug-likeness (QED) is 0.298. The number of unbranched alkanes of at least 4 members (excludes halogenated alkanes) is 2. The molecule has 0 aliphatic rings. The Hall–Kier alpha value is -1.44. The number of hydrogen-bond donors (Lipinski definition) is 0. The number of aromatic nitrogens is 2. The normalized spacial score (nSPS) is 12.7. The minimum absolute atomic E-state index is 0.914. The van der Waals surface area contributed by atoms with Crippen LogP contribution in [0.3, 0.4) is 0 Å². The second-order valence-electron chi connectivity index (χ2n) is 6.81. The molecule has 3 aromatic rings. The first-order valence-electron chi connectivity index (χ1n) is 10.0. The Labute approximate surface area is 193 Å². The standard InChI is InChI=1S/C22H26Br2N4S/c1-3-5-15-27-21(25-19-11-7-17(23)8-12-19)28(16-6-4-2)29-22(27)26-20-13-9-18(24)10-14-20/h7-14H,3-6,15-16H2,1-2H3. The van der Waals surface area contributed by atoms with E-state index in [0.717, 1.165) is 69.5 Å². The van der Waals surface area contributed by atoms with Crippen molar-refractivity contribution in [3.05, 3.63) is 67.9 Å². The molecule has 0 bridgehead atoms. The Balaban J connectivity index is 2.18. The van der Waals surface area contributed by atoms with Crippen molar-refractivity contribution in [3.63, 3.8) is 0 Å². The van der Waals surface area contributed by atoms with E-state index in [0.29, 0.717) is 0 Å². The van der Waals surface area contributed by atoms with Crippen LogP contribution in [0.2, 0.25) is 0 Å². The van der Waals surface area contributed by atoms with Crippen LogP contribution in [0, 0.1) is 0 Å². The van der Waals surface area contributed by atoms with E-state index in [1.165, 1.54) is 0 Å². The second kappa shape index (κ2) is 11.1. The number of nitrogens with zero attached hydrogens (tertiary/aromatic N) is 4. The van der Waals surface area contributed by atoms with E-state index in [1.54, 1.807) is 11.5 Å². The molecule has 0 saturated heterocycles. The molecule has 0 saturated carbocycles. The van der Waals surface area contributed by atoms with Gasteiger partial charge >= 0.3 is 0 Å². The summed E-state index contributed by atoms with van der Waals surface area (Å²) in [6, 6.07) is 16.3. The van der Waals surface area contributed by atoms with Gasteiger partial charge in [-0.3, -0.25) is 8.52 Å². The van der Waals surface area contributed by atoms with Crippen molar-refractivity contribution in [2.24, 2.45) is 9.98 Å². The molecule has 0 aliphatic heterocycles. The summed E-state index contributed by atoms with van der Waals surface area (Å²) in [4.78, 5) is 11.0. The lowest BCUT2D eigenvalue weighted by Gasteiger charge is -2.04. The summed E-state index contributed by atoms with van der Waals surface area (Å²) in [7, 11) is 0. The van der Waals surface area contributed by atoms with Gasteiger partial charge in [0.1, 0.15) is 0 Å². The number of benzene rings is 2. The van der Waals surface area contributed by atoms with Gasteiger partial charge in [-0.05, 0) is 72.9 Å². The molecule has 1 heterocycles.